The third kappa shape index (κ3) is 8.01. The Kier molecular flexibility index (Phi) is 9.21. The molecular weight excluding hydrogens is 431 g/mol. The lowest BCUT2D eigenvalue weighted by Gasteiger charge is -2.22. The molecule has 0 amide bonds. The fourth-order valence-electron chi connectivity index (χ4n) is 2.63. The van der Waals surface area contributed by atoms with E-state index < -0.39 is 17.7 Å². The van der Waals surface area contributed by atoms with Crippen molar-refractivity contribution >= 4 is 35.1 Å². The minimum Gasteiger partial charge on any atom is -0.480 e. The second-order valence-corrected chi connectivity index (χ2v) is 7.95. The van der Waals surface area contributed by atoms with Crippen LogP contribution in [0.15, 0.2) is 42.0 Å². The number of rotatable bonds is 11. The van der Waals surface area contributed by atoms with Crippen molar-refractivity contribution < 1.29 is 28.5 Å². The molecule has 1 fully saturated rings. The summed E-state index contributed by atoms with van der Waals surface area (Å²) in [7, 11) is 0. The van der Waals surface area contributed by atoms with Gasteiger partial charge in [0.25, 0.3) is 0 Å². The van der Waals surface area contributed by atoms with Gasteiger partial charge in [-0.05, 0) is 51.8 Å². The normalized spacial score (nSPS) is 19.4. The molecule has 0 saturated carbocycles. The van der Waals surface area contributed by atoms with Crippen molar-refractivity contribution in [2.75, 3.05) is 19.8 Å². The highest BCUT2D eigenvalue weighted by atomic mass is 35.5. The summed E-state index contributed by atoms with van der Waals surface area (Å²) >= 11 is 11.9. The molecule has 8 heteroatoms. The molecule has 0 aliphatic carbocycles. The van der Waals surface area contributed by atoms with Crippen molar-refractivity contribution in [2.45, 2.75) is 45.3 Å². The summed E-state index contributed by atoms with van der Waals surface area (Å²) < 4.78 is 21.4. The minimum atomic E-state index is -0.508. The molecule has 1 aromatic carbocycles. The Hall–Kier alpha value is -2.02. The lowest BCUT2D eigenvalue weighted by molar-refractivity contribution is -0.155. The number of epoxide rings is 1. The molecule has 0 aromatic heterocycles. The summed E-state index contributed by atoms with van der Waals surface area (Å²) in [5.74, 6) is -0.532. The third-order valence-electron chi connectivity index (χ3n) is 4.49. The Labute approximate surface area is 186 Å². The van der Waals surface area contributed by atoms with Gasteiger partial charge in [-0.2, -0.15) is 0 Å². The van der Waals surface area contributed by atoms with Crippen molar-refractivity contribution in [3.63, 3.8) is 0 Å². The van der Waals surface area contributed by atoms with Gasteiger partial charge in [-0.15, -0.1) is 0 Å². The molecule has 0 radical (unpaired) electrons. The van der Waals surface area contributed by atoms with E-state index in [1.54, 1.807) is 25.1 Å². The van der Waals surface area contributed by atoms with Gasteiger partial charge >= 0.3 is 11.9 Å². The molecule has 1 heterocycles. The maximum Gasteiger partial charge on any atom is 0.344 e. The number of esters is 2. The lowest BCUT2D eigenvalue weighted by atomic mass is 9.98. The molecule has 1 aliphatic heterocycles. The molecule has 0 spiro atoms. The van der Waals surface area contributed by atoms with Gasteiger partial charge in [0, 0.05) is 11.1 Å². The topological polar surface area (TPSA) is 74.4 Å². The molecule has 30 heavy (non-hydrogen) atoms. The Morgan fingerprint density at radius 1 is 1.33 bits per heavy atom. The maximum absolute atomic E-state index is 12.3. The summed E-state index contributed by atoms with van der Waals surface area (Å²) in [6.45, 7) is 6.19. The first-order valence-corrected chi connectivity index (χ1v) is 10.4. The molecule has 6 nitrogen and oxygen atoms in total. The first-order valence-electron chi connectivity index (χ1n) is 9.65. The van der Waals surface area contributed by atoms with E-state index in [1.165, 1.54) is 12.1 Å². The average Bonchev–Trinajstić information content (AvgIpc) is 3.43. The van der Waals surface area contributed by atoms with E-state index in [0.29, 0.717) is 41.9 Å². The van der Waals surface area contributed by atoms with Crippen molar-refractivity contribution in [2.24, 2.45) is 0 Å². The first-order chi connectivity index (χ1) is 14.2. The summed E-state index contributed by atoms with van der Waals surface area (Å²) in [6.07, 6.45) is 5.69. The van der Waals surface area contributed by atoms with E-state index in [2.05, 4.69) is 0 Å². The summed E-state index contributed by atoms with van der Waals surface area (Å²) in [4.78, 5) is 23.6. The fraction of sp³-hybridized carbons (Fsp3) is 0.455. The quantitative estimate of drug-likeness (QED) is 0.203. The zero-order chi connectivity index (χ0) is 22.1. The second kappa shape index (κ2) is 11.4. The lowest BCUT2D eigenvalue weighted by Crippen LogP contribution is -2.34. The first kappa shape index (κ1) is 24.3. The SMILES string of the molecule is CCOC(=O)C=CC=C(C)CCC(OC(=O)COc1ccc(Cl)cc1Cl)C1(C)CO1. The summed E-state index contributed by atoms with van der Waals surface area (Å²) in [5, 5.41) is 0.801. The van der Waals surface area contributed by atoms with Crippen LogP contribution in [-0.2, 0) is 23.8 Å². The standard InChI is InChI=1S/C22H26Cl2O6/c1-4-27-20(25)7-5-6-15(2)8-11-19(22(3)14-29-22)30-21(26)13-28-18-10-9-16(23)12-17(18)24/h5-7,9-10,12,19H,4,8,11,13-14H2,1-3H3. The van der Waals surface area contributed by atoms with Crippen LogP contribution in [0.1, 0.15) is 33.6 Å². The van der Waals surface area contributed by atoms with Crippen LogP contribution in [0.3, 0.4) is 0 Å². The molecular formula is C22H26Cl2O6. The fourth-order valence-corrected chi connectivity index (χ4v) is 3.10. The zero-order valence-corrected chi connectivity index (χ0v) is 18.8. The minimum absolute atomic E-state index is 0.273. The predicted molar refractivity (Wildman–Crippen MR) is 115 cm³/mol. The van der Waals surface area contributed by atoms with Crippen molar-refractivity contribution in [3.05, 3.63) is 52.0 Å². The van der Waals surface area contributed by atoms with E-state index >= 15 is 0 Å². The van der Waals surface area contributed by atoms with Crippen LogP contribution in [0.4, 0.5) is 0 Å². The molecule has 2 unspecified atom stereocenters. The highest BCUT2D eigenvalue weighted by Gasteiger charge is 2.49. The molecule has 0 bridgehead atoms. The van der Waals surface area contributed by atoms with Crippen LogP contribution >= 0.6 is 23.2 Å². The monoisotopic (exact) mass is 456 g/mol. The van der Waals surface area contributed by atoms with Crippen LogP contribution in [0.2, 0.25) is 10.0 Å². The highest BCUT2D eigenvalue weighted by Crippen LogP contribution is 2.35. The number of hydrogen-bond donors (Lipinski definition) is 0. The third-order valence-corrected chi connectivity index (χ3v) is 5.02. The number of benzene rings is 1. The van der Waals surface area contributed by atoms with Crippen molar-refractivity contribution in [1.82, 2.24) is 0 Å². The average molecular weight is 457 g/mol. The molecule has 0 N–H and O–H groups in total. The van der Waals surface area contributed by atoms with Gasteiger partial charge in [-0.25, -0.2) is 9.59 Å². The van der Waals surface area contributed by atoms with Crippen LogP contribution in [0.5, 0.6) is 5.75 Å². The van der Waals surface area contributed by atoms with E-state index in [1.807, 2.05) is 19.9 Å². The Balaban J connectivity index is 1.85. The number of hydrogen-bond acceptors (Lipinski definition) is 6. The zero-order valence-electron chi connectivity index (χ0n) is 17.3. The summed E-state index contributed by atoms with van der Waals surface area (Å²) in [6, 6.07) is 4.76. The van der Waals surface area contributed by atoms with Gasteiger partial charge in [0.1, 0.15) is 17.5 Å². The Morgan fingerprint density at radius 3 is 2.70 bits per heavy atom. The van der Waals surface area contributed by atoms with Gasteiger partial charge in [0.05, 0.1) is 18.2 Å². The predicted octanol–water partition coefficient (Wildman–Crippen LogP) is 4.92. The van der Waals surface area contributed by atoms with E-state index in [0.717, 1.165) is 5.57 Å². The van der Waals surface area contributed by atoms with Crippen LogP contribution in [0, 0.1) is 0 Å². The van der Waals surface area contributed by atoms with Gasteiger partial charge in [-0.3, -0.25) is 0 Å². The molecule has 2 rings (SSSR count). The molecule has 1 aromatic rings. The number of ether oxygens (including phenoxy) is 4. The van der Waals surface area contributed by atoms with E-state index in [4.69, 9.17) is 42.1 Å². The number of allylic oxidation sites excluding steroid dienone is 3. The van der Waals surface area contributed by atoms with Crippen LogP contribution in [0.25, 0.3) is 0 Å². The smallest absolute Gasteiger partial charge is 0.344 e. The van der Waals surface area contributed by atoms with Crippen molar-refractivity contribution in [3.8, 4) is 5.75 Å². The largest absolute Gasteiger partial charge is 0.480 e. The van der Waals surface area contributed by atoms with Crippen LogP contribution < -0.4 is 4.74 Å². The highest BCUT2D eigenvalue weighted by molar-refractivity contribution is 6.35. The Morgan fingerprint density at radius 2 is 2.07 bits per heavy atom. The number of carbonyl (C=O) groups is 2. The maximum atomic E-state index is 12.3. The number of halogens is 2. The molecule has 164 valence electrons. The second-order valence-electron chi connectivity index (χ2n) is 7.11. The van der Waals surface area contributed by atoms with Crippen LogP contribution in [-0.4, -0.2) is 43.5 Å². The molecule has 2 atom stereocenters. The van der Waals surface area contributed by atoms with E-state index in [9.17, 15) is 9.59 Å². The van der Waals surface area contributed by atoms with Gasteiger partial charge in [-0.1, -0.05) is 40.9 Å². The molecule has 1 aliphatic rings. The molecule has 1 saturated heterocycles. The van der Waals surface area contributed by atoms with E-state index in [-0.39, 0.29) is 12.6 Å². The summed E-state index contributed by atoms with van der Waals surface area (Å²) in [5.41, 5.74) is 0.541. The number of carbonyl (C=O) groups excluding carboxylic acids is 2. The van der Waals surface area contributed by atoms with Crippen molar-refractivity contribution in [1.29, 1.82) is 0 Å². The Bertz CT molecular complexity index is 814. The van der Waals surface area contributed by atoms with Gasteiger partial charge < -0.3 is 18.9 Å². The van der Waals surface area contributed by atoms with Gasteiger partial charge in [0.2, 0.25) is 0 Å². The van der Waals surface area contributed by atoms with Gasteiger partial charge in [0.15, 0.2) is 6.61 Å².